The van der Waals surface area contributed by atoms with Crippen LogP contribution in [0.2, 0.25) is 5.15 Å². The van der Waals surface area contributed by atoms with Crippen LogP contribution in [0.25, 0.3) is 0 Å². The molecule has 4 saturated carbocycles. The number of hydrogen-bond donors (Lipinski definition) is 1. The molecule has 22 heavy (non-hydrogen) atoms. The maximum absolute atomic E-state index is 6.02. The summed E-state index contributed by atoms with van der Waals surface area (Å²) in [7, 11) is 0. The standard InChI is InChI=1S/C18H23ClN2S/c1-2-15-14(3-4-16(19)20-15)18(22)21-17-12-6-10-5-11(8-12)9-13(17)7-10/h3-4,10-13,17H,2,5-9H2,1H3,(H,21,22). The summed E-state index contributed by atoms with van der Waals surface area (Å²) in [5, 5.41) is 4.27. The summed E-state index contributed by atoms with van der Waals surface area (Å²) >= 11 is 11.7. The van der Waals surface area contributed by atoms with Crippen LogP contribution in [0.5, 0.6) is 0 Å². The zero-order valence-electron chi connectivity index (χ0n) is 13.0. The van der Waals surface area contributed by atoms with Gasteiger partial charge in [-0.2, -0.15) is 0 Å². The van der Waals surface area contributed by atoms with Gasteiger partial charge in [-0.25, -0.2) is 4.98 Å². The molecule has 118 valence electrons. The van der Waals surface area contributed by atoms with E-state index in [4.69, 9.17) is 23.8 Å². The smallest absolute Gasteiger partial charge is 0.129 e. The molecule has 4 aliphatic rings. The SMILES string of the molecule is CCc1nc(Cl)ccc1C(=S)NC1C2CC3CC(C2)CC1C3. The first-order chi connectivity index (χ1) is 10.6. The molecule has 1 aromatic rings. The van der Waals surface area contributed by atoms with E-state index < -0.39 is 0 Å². The molecule has 4 bridgehead atoms. The van der Waals surface area contributed by atoms with Gasteiger partial charge in [0.15, 0.2) is 0 Å². The molecule has 2 nitrogen and oxygen atoms in total. The van der Waals surface area contributed by atoms with Crippen LogP contribution in [-0.4, -0.2) is 16.0 Å². The van der Waals surface area contributed by atoms with Crippen LogP contribution in [0.3, 0.4) is 0 Å². The maximum atomic E-state index is 6.02. The Kier molecular flexibility index (Phi) is 3.90. The Balaban J connectivity index is 1.53. The minimum atomic E-state index is 0.554. The molecule has 5 rings (SSSR count). The second-order valence-electron chi connectivity index (χ2n) is 7.41. The highest BCUT2D eigenvalue weighted by Gasteiger charge is 2.48. The molecule has 1 aromatic heterocycles. The third-order valence-corrected chi connectivity index (χ3v) is 6.59. The van der Waals surface area contributed by atoms with Gasteiger partial charge in [-0.1, -0.05) is 30.7 Å². The lowest BCUT2D eigenvalue weighted by Crippen LogP contribution is -2.55. The van der Waals surface area contributed by atoms with Gasteiger partial charge in [0, 0.05) is 11.6 Å². The van der Waals surface area contributed by atoms with Crippen LogP contribution in [0.4, 0.5) is 0 Å². The molecule has 0 spiro atoms. The van der Waals surface area contributed by atoms with Gasteiger partial charge in [-0.3, -0.25) is 0 Å². The number of aromatic nitrogens is 1. The highest BCUT2D eigenvalue weighted by molar-refractivity contribution is 7.80. The number of nitrogens with zero attached hydrogens (tertiary/aromatic N) is 1. The molecule has 4 heteroatoms. The lowest BCUT2D eigenvalue weighted by molar-refractivity contribution is -0.00660. The summed E-state index contributed by atoms with van der Waals surface area (Å²) in [5.74, 6) is 3.66. The molecular weight excluding hydrogens is 312 g/mol. The fraction of sp³-hybridized carbons (Fsp3) is 0.667. The Morgan fingerprint density at radius 2 is 1.82 bits per heavy atom. The van der Waals surface area contributed by atoms with Gasteiger partial charge < -0.3 is 5.32 Å². The van der Waals surface area contributed by atoms with Crippen molar-refractivity contribution in [2.45, 2.75) is 51.5 Å². The predicted molar refractivity (Wildman–Crippen MR) is 94.3 cm³/mol. The van der Waals surface area contributed by atoms with Crippen molar-refractivity contribution in [1.29, 1.82) is 0 Å². The quantitative estimate of drug-likeness (QED) is 0.655. The minimum absolute atomic E-state index is 0.554. The molecule has 0 atom stereocenters. The van der Waals surface area contributed by atoms with Gasteiger partial charge in [0.1, 0.15) is 10.1 Å². The molecule has 1 N–H and O–H groups in total. The summed E-state index contributed by atoms with van der Waals surface area (Å²) in [6.07, 6.45) is 7.99. The van der Waals surface area contributed by atoms with Crippen molar-refractivity contribution in [3.8, 4) is 0 Å². The molecule has 0 unspecified atom stereocenters. The Labute approximate surface area is 143 Å². The van der Waals surface area contributed by atoms with E-state index in [1.807, 2.05) is 12.1 Å². The van der Waals surface area contributed by atoms with Gasteiger partial charge in [0.05, 0.1) is 5.69 Å². The van der Waals surface area contributed by atoms with Gasteiger partial charge in [0.25, 0.3) is 0 Å². The molecule has 0 radical (unpaired) electrons. The average molecular weight is 335 g/mol. The molecule has 0 aromatic carbocycles. The highest BCUT2D eigenvalue weighted by Crippen LogP contribution is 2.53. The van der Waals surface area contributed by atoms with Crippen LogP contribution < -0.4 is 5.32 Å². The van der Waals surface area contributed by atoms with Crippen molar-refractivity contribution < 1.29 is 0 Å². The van der Waals surface area contributed by atoms with E-state index in [1.54, 1.807) is 0 Å². The number of hydrogen-bond acceptors (Lipinski definition) is 2. The first-order valence-corrected chi connectivity index (χ1v) is 9.39. The summed E-state index contributed by atoms with van der Waals surface area (Å²) in [4.78, 5) is 5.31. The van der Waals surface area contributed by atoms with Crippen molar-refractivity contribution >= 4 is 28.8 Å². The van der Waals surface area contributed by atoms with Crippen molar-refractivity contribution in [3.63, 3.8) is 0 Å². The Bertz CT molecular complexity index is 573. The van der Waals surface area contributed by atoms with E-state index in [0.29, 0.717) is 11.2 Å². The average Bonchev–Trinajstić information content (AvgIpc) is 2.49. The normalized spacial score (nSPS) is 35.6. The second-order valence-corrected chi connectivity index (χ2v) is 8.21. The van der Waals surface area contributed by atoms with Gasteiger partial charge in [-0.15, -0.1) is 0 Å². The third kappa shape index (κ3) is 2.56. The Morgan fingerprint density at radius 1 is 1.18 bits per heavy atom. The van der Waals surface area contributed by atoms with Crippen LogP contribution in [0.1, 0.15) is 50.3 Å². The van der Waals surface area contributed by atoms with E-state index in [1.165, 1.54) is 32.1 Å². The minimum Gasteiger partial charge on any atom is -0.372 e. The van der Waals surface area contributed by atoms with Crippen molar-refractivity contribution in [3.05, 3.63) is 28.5 Å². The largest absolute Gasteiger partial charge is 0.372 e. The maximum Gasteiger partial charge on any atom is 0.129 e. The lowest BCUT2D eigenvalue weighted by Gasteiger charge is -2.54. The zero-order valence-corrected chi connectivity index (χ0v) is 14.6. The second kappa shape index (κ2) is 5.76. The summed E-state index contributed by atoms with van der Waals surface area (Å²) < 4.78 is 0. The highest BCUT2D eigenvalue weighted by atomic mass is 35.5. The van der Waals surface area contributed by atoms with Gasteiger partial charge >= 0.3 is 0 Å². The third-order valence-electron chi connectivity index (χ3n) is 6.04. The van der Waals surface area contributed by atoms with Crippen molar-refractivity contribution in [1.82, 2.24) is 10.3 Å². The van der Waals surface area contributed by atoms with E-state index in [0.717, 1.165) is 46.3 Å². The molecule has 0 aliphatic heterocycles. The van der Waals surface area contributed by atoms with E-state index in [9.17, 15) is 0 Å². The topological polar surface area (TPSA) is 24.9 Å². The van der Waals surface area contributed by atoms with Crippen LogP contribution in [0.15, 0.2) is 12.1 Å². The van der Waals surface area contributed by atoms with Crippen molar-refractivity contribution in [2.24, 2.45) is 23.7 Å². The zero-order chi connectivity index (χ0) is 15.3. The molecular formula is C18H23ClN2S. The fourth-order valence-electron chi connectivity index (χ4n) is 5.34. The first kappa shape index (κ1) is 14.9. The molecule has 1 heterocycles. The van der Waals surface area contributed by atoms with Crippen LogP contribution in [0, 0.1) is 23.7 Å². The summed E-state index contributed by atoms with van der Waals surface area (Å²) in [5.41, 5.74) is 2.07. The number of aryl methyl sites for hydroxylation is 1. The number of pyridine rings is 1. The van der Waals surface area contributed by atoms with Crippen molar-refractivity contribution in [2.75, 3.05) is 0 Å². The van der Waals surface area contributed by atoms with Crippen LogP contribution >= 0.6 is 23.8 Å². The van der Waals surface area contributed by atoms with Gasteiger partial charge in [-0.05, 0) is 74.3 Å². The molecule has 0 amide bonds. The molecule has 0 saturated heterocycles. The lowest BCUT2D eigenvalue weighted by atomic mass is 9.54. The van der Waals surface area contributed by atoms with Crippen LogP contribution in [-0.2, 0) is 6.42 Å². The molecule has 4 fully saturated rings. The fourth-order valence-corrected chi connectivity index (χ4v) is 5.83. The predicted octanol–water partition coefficient (Wildman–Crippen LogP) is 4.39. The Hall–Kier alpha value is -0.670. The number of thiocarbonyl (C=S) groups is 1. The Morgan fingerprint density at radius 3 is 2.41 bits per heavy atom. The summed E-state index contributed by atoms with van der Waals surface area (Å²) in [6.45, 7) is 2.10. The number of halogens is 1. The van der Waals surface area contributed by atoms with E-state index >= 15 is 0 Å². The first-order valence-electron chi connectivity index (χ1n) is 8.60. The number of nitrogens with one attached hydrogen (secondary N) is 1. The van der Waals surface area contributed by atoms with E-state index in [2.05, 4.69) is 17.2 Å². The number of rotatable bonds is 3. The monoisotopic (exact) mass is 334 g/mol. The molecule has 4 aliphatic carbocycles. The van der Waals surface area contributed by atoms with E-state index in [-0.39, 0.29) is 0 Å². The van der Waals surface area contributed by atoms with Gasteiger partial charge in [0.2, 0.25) is 0 Å². The summed E-state index contributed by atoms with van der Waals surface area (Å²) in [6, 6.07) is 4.46.